The van der Waals surface area contributed by atoms with E-state index in [1.54, 1.807) is 11.8 Å². The van der Waals surface area contributed by atoms with Gasteiger partial charge in [-0.25, -0.2) is 0 Å². The van der Waals surface area contributed by atoms with Crippen molar-refractivity contribution in [3.05, 3.63) is 29.3 Å². The lowest BCUT2D eigenvalue weighted by Gasteiger charge is -2.03. The summed E-state index contributed by atoms with van der Waals surface area (Å²) in [5.74, 6) is 0.928. The van der Waals surface area contributed by atoms with Gasteiger partial charge in [-0.2, -0.15) is 12.6 Å². The number of aryl methyl sites for hydroxylation is 2. The van der Waals surface area contributed by atoms with Crippen molar-refractivity contribution in [1.29, 1.82) is 0 Å². The maximum absolute atomic E-state index is 4.22. The Labute approximate surface area is 84.2 Å². The van der Waals surface area contributed by atoms with Crippen LogP contribution in [0.1, 0.15) is 11.1 Å². The first-order valence-corrected chi connectivity index (χ1v) is 5.87. The van der Waals surface area contributed by atoms with Crippen molar-refractivity contribution in [2.75, 3.05) is 12.0 Å². The molecule has 0 nitrogen and oxygen atoms in total. The first-order valence-electron chi connectivity index (χ1n) is 4.01. The Balaban J connectivity index is 2.90. The summed E-state index contributed by atoms with van der Waals surface area (Å²) in [6.07, 6.45) is 3.18. The van der Waals surface area contributed by atoms with E-state index in [0.29, 0.717) is 0 Å². The van der Waals surface area contributed by atoms with E-state index >= 15 is 0 Å². The molecule has 0 bridgehead atoms. The van der Waals surface area contributed by atoms with E-state index < -0.39 is 0 Å². The molecular formula is C10H14S2. The molecule has 0 aromatic heterocycles. The fourth-order valence-electron chi connectivity index (χ4n) is 1.22. The molecule has 1 rings (SSSR count). The van der Waals surface area contributed by atoms with E-state index in [9.17, 15) is 0 Å². The molecule has 0 aliphatic heterocycles. The van der Waals surface area contributed by atoms with Crippen molar-refractivity contribution in [2.45, 2.75) is 18.2 Å². The van der Waals surface area contributed by atoms with Crippen LogP contribution in [0.5, 0.6) is 0 Å². The van der Waals surface area contributed by atoms with Crippen LogP contribution >= 0.6 is 24.4 Å². The lowest BCUT2D eigenvalue weighted by Crippen LogP contribution is -1.88. The number of benzene rings is 1. The molecule has 0 saturated heterocycles. The van der Waals surface area contributed by atoms with Crippen molar-refractivity contribution < 1.29 is 0 Å². The number of hydrogen-bond donors (Lipinski definition) is 1. The Bertz CT molecular complexity index is 256. The number of thiol groups is 1. The minimum absolute atomic E-state index is 0.928. The predicted molar refractivity (Wildman–Crippen MR) is 60.5 cm³/mol. The van der Waals surface area contributed by atoms with Crippen LogP contribution in [-0.2, 0) is 6.42 Å². The van der Waals surface area contributed by atoms with Gasteiger partial charge in [0.25, 0.3) is 0 Å². The van der Waals surface area contributed by atoms with Crippen LogP contribution in [0.4, 0.5) is 0 Å². The molecule has 0 heterocycles. The SMILES string of the molecule is CSc1cc(C)cc(CCS)c1. The predicted octanol–water partition coefficient (Wildman–Crippen LogP) is 3.19. The number of rotatable bonds is 3. The molecule has 0 atom stereocenters. The highest BCUT2D eigenvalue weighted by Crippen LogP contribution is 2.19. The third kappa shape index (κ3) is 2.76. The summed E-state index contributed by atoms with van der Waals surface area (Å²) in [6, 6.07) is 6.69. The second-order valence-electron chi connectivity index (χ2n) is 2.83. The molecule has 0 amide bonds. The molecule has 12 heavy (non-hydrogen) atoms. The monoisotopic (exact) mass is 198 g/mol. The van der Waals surface area contributed by atoms with Gasteiger partial charge in [-0.1, -0.05) is 6.07 Å². The van der Waals surface area contributed by atoms with Gasteiger partial charge in [-0.05, 0) is 48.6 Å². The van der Waals surface area contributed by atoms with E-state index in [0.717, 1.165) is 12.2 Å². The smallest absolute Gasteiger partial charge is 0.00745 e. The summed E-state index contributed by atoms with van der Waals surface area (Å²) in [4.78, 5) is 1.35. The second kappa shape index (κ2) is 4.83. The van der Waals surface area contributed by atoms with Gasteiger partial charge in [-0.15, -0.1) is 11.8 Å². The summed E-state index contributed by atoms with van der Waals surface area (Å²) < 4.78 is 0. The van der Waals surface area contributed by atoms with Crippen LogP contribution in [0, 0.1) is 6.92 Å². The minimum atomic E-state index is 0.928. The first-order chi connectivity index (χ1) is 5.76. The van der Waals surface area contributed by atoms with Gasteiger partial charge in [0, 0.05) is 4.90 Å². The van der Waals surface area contributed by atoms with Crippen LogP contribution in [0.3, 0.4) is 0 Å². The van der Waals surface area contributed by atoms with E-state index in [-0.39, 0.29) is 0 Å². The molecule has 0 spiro atoms. The lowest BCUT2D eigenvalue weighted by atomic mass is 10.1. The fraction of sp³-hybridized carbons (Fsp3) is 0.400. The number of hydrogen-bond acceptors (Lipinski definition) is 2. The van der Waals surface area contributed by atoms with Crippen molar-refractivity contribution in [3.63, 3.8) is 0 Å². The zero-order valence-corrected chi connectivity index (χ0v) is 9.21. The zero-order valence-electron chi connectivity index (χ0n) is 7.50. The largest absolute Gasteiger partial charge is 0.179 e. The zero-order chi connectivity index (χ0) is 8.97. The Morgan fingerprint density at radius 2 is 2.08 bits per heavy atom. The van der Waals surface area contributed by atoms with Crippen molar-refractivity contribution in [2.24, 2.45) is 0 Å². The standard InChI is InChI=1S/C10H14S2/c1-8-5-9(3-4-11)7-10(6-8)12-2/h5-7,11H,3-4H2,1-2H3. The Hall–Kier alpha value is -0.0800. The van der Waals surface area contributed by atoms with Crippen LogP contribution in [-0.4, -0.2) is 12.0 Å². The summed E-state index contributed by atoms with van der Waals surface area (Å²) >= 11 is 6.02. The quantitative estimate of drug-likeness (QED) is 0.575. The molecule has 1 aromatic rings. The highest BCUT2D eigenvalue weighted by atomic mass is 32.2. The topological polar surface area (TPSA) is 0 Å². The molecule has 0 unspecified atom stereocenters. The van der Waals surface area contributed by atoms with E-state index in [2.05, 4.69) is 44.0 Å². The minimum Gasteiger partial charge on any atom is -0.179 e. The van der Waals surface area contributed by atoms with E-state index in [1.165, 1.54) is 16.0 Å². The van der Waals surface area contributed by atoms with Crippen LogP contribution in [0.2, 0.25) is 0 Å². The molecule has 2 heteroatoms. The van der Waals surface area contributed by atoms with Crippen LogP contribution < -0.4 is 0 Å². The second-order valence-corrected chi connectivity index (χ2v) is 4.16. The summed E-state index contributed by atoms with van der Waals surface area (Å²) in [7, 11) is 0. The molecular weight excluding hydrogens is 184 g/mol. The maximum Gasteiger partial charge on any atom is 0.00745 e. The maximum atomic E-state index is 4.22. The van der Waals surface area contributed by atoms with Gasteiger partial charge in [0.1, 0.15) is 0 Å². The van der Waals surface area contributed by atoms with Crippen LogP contribution in [0.25, 0.3) is 0 Å². The number of thioether (sulfide) groups is 1. The Morgan fingerprint density at radius 1 is 1.33 bits per heavy atom. The molecule has 1 aromatic carbocycles. The highest BCUT2D eigenvalue weighted by molar-refractivity contribution is 7.98. The van der Waals surface area contributed by atoms with Crippen molar-refractivity contribution in [3.8, 4) is 0 Å². The average Bonchev–Trinajstić information content (AvgIpc) is 2.04. The average molecular weight is 198 g/mol. The third-order valence-corrected chi connectivity index (χ3v) is 2.68. The lowest BCUT2D eigenvalue weighted by molar-refractivity contribution is 1.13. The van der Waals surface area contributed by atoms with Gasteiger partial charge in [0.15, 0.2) is 0 Å². The van der Waals surface area contributed by atoms with Crippen molar-refractivity contribution in [1.82, 2.24) is 0 Å². The molecule has 0 aliphatic carbocycles. The molecule has 66 valence electrons. The summed E-state index contributed by atoms with van der Waals surface area (Å²) in [5, 5.41) is 0. The van der Waals surface area contributed by atoms with Gasteiger partial charge in [-0.3, -0.25) is 0 Å². The fourth-order valence-corrected chi connectivity index (χ4v) is 2.05. The molecule has 0 fully saturated rings. The Morgan fingerprint density at radius 3 is 2.67 bits per heavy atom. The van der Waals surface area contributed by atoms with Gasteiger partial charge in [0.2, 0.25) is 0 Å². The molecule has 0 aliphatic rings. The molecule has 0 N–H and O–H groups in total. The van der Waals surface area contributed by atoms with Gasteiger partial charge >= 0.3 is 0 Å². The molecule has 0 saturated carbocycles. The van der Waals surface area contributed by atoms with Gasteiger partial charge < -0.3 is 0 Å². The van der Waals surface area contributed by atoms with E-state index in [4.69, 9.17) is 0 Å². The Kier molecular flexibility index (Phi) is 4.02. The third-order valence-electron chi connectivity index (χ3n) is 1.75. The highest BCUT2D eigenvalue weighted by Gasteiger charge is 1.96. The normalized spacial score (nSPS) is 10.2. The summed E-state index contributed by atoms with van der Waals surface area (Å²) in [5.41, 5.74) is 2.74. The van der Waals surface area contributed by atoms with E-state index in [1.807, 2.05) is 0 Å². The van der Waals surface area contributed by atoms with Crippen LogP contribution in [0.15, 0.2) is 23.1 Å². The van der Waals surface area contributed by atoms with Crippen molar-refractivity contribution >= 4 is 24.4 Å². The first kappa shape index (κ1) is 10.0. The summed E-state index contributed by atoms with van der Waals surface area (Å²) in [6.45, 7) is 2.14. The van der Waals surface area contributed by atoms with Gasteiger partial charge in [0.05, 0.1) is 0 Å². The molecule has 0 radical (unpaired) electrons.